The molecule has 22 heavy (non-hydrogen) atoms. The summed E-state index contributed by atoms with van der Waals surface area (Å²) < 4.78 is 5.55. The molecule has 122 valence electrons. The van der Waals surface area contributed by atoms with Crippen LogP contribution in [-0.4, -0.2) is 39.3 Å². The SMILES string of the molecule is CCCCOCCCNC(=NC)NCC1Cc2ccccc21. The second-order valence-electron chi connectivity index (χ2n) is 5.80. The lowest BCUT2D eigenvalue weighted by Crippen LogP contribution is -2.41. The maximum Gasteiger partial charge on any atom is 0.190 e. The average molecular weight is 303 g/mol. The number of unbranched alkanes of at least 4 members (excludes halogenated alkanes) is 1. The molecule has 0 heterocycles. The number of rotatable bonds is 9. The highest BCUT2D eigenvalue weighted by Gasteiger charge is 2.25. The lowest BCUT2D eigenvalue weighted by Gasteiger charge is -2.30. The fraction of sp³-hybridized carbons (Fsp3) is 0.611. The van der Waals surface area contributed by atoms with Crippen LogP contribution in [0.4, 0.5) is 0 Å². The van der Waals surface area contributed by atoms with Crippen LogP contribution < -0.4 is 10.6 Å². The molecule has 0 saturated heterocycles. The van der Waals surface area contributed by atoms with Crippen LogP contribution in [0.25, 0.3) is 0 Å². The summed E-state index contributed by atoms with van der Waals surface area (Å²) in [6.07, 6.45) is 4.53. The topological polar surface area (TPSA) is 45.6 Å². The Balaban J connectivity index is 1.57. The molecule has 1 aromatic rings. The van der Waals surface area contributed by atoms with E-state index in [9.17, 15) is 0 Å². The zero-order valence-corrected chi connectivity index (χ0v) is 13.9. The molecule has 1 aliphatic rings. The van der Waals surface area contributed by atoms with Gasteiger partial charge < -0.3 is 15.4 Å². The zero-order valence-electron chi connectivity index (χ0n) is 13.9. The van der Waals surface area contributed by atoms with Gasteiger partial charge in [-0.3, -0.25) is 4.99 Å². The monoisotopic (exact) mass is 303 g/mol. The van der Waals surface area contributed by atoms with Gasteiger partial charge in [0, 0.05) is 39.3 Å². The van der Waals surface area contributed by atoms with E-state index in [1.54, 1.807) is 0 Å². The van der Waals surface area contributed by atoms with Crippen LogP contribution >= 0.6 is 0 Å². The van der Waals surface area contributed by atoms with Crippen LogP contribution in [-0.2, 0) is 11.2 Å². The van der Waals surface area contributed by atoms with Crippen LogP contribution in [0.15, 0.2) is 29.3 Å². The van der Waals surface area contributed by atoms with Crippen molar-refractivity contribution in [3.63, 3.8) is 0 Å². The summed E-state index contributed by atoms with van der Waals surface area (Å²) in [5, 5.41) is 6.77. The van der Waals surface area contributed by atoms with E-state index >= 15 is 0 Å². The summed E-state index contributed by atoms with van der Waals surface area (Å²) in [6, 6.07) is 8.69. The van der Waals surface area contributed by atoms with E-state index in [0.717, 1.165) is 45.1 Å². The van der Waals surface area contributed by atoms with Crippen molar-refractivity contribution in [1.82, 2.24) is 10.6 Å². The van der Waals surface area contributed by atoms with Gasteiger partial charge in [0.1, 0.15) is 0 Å². The lowest BCUT2D eigenvalue weighted by atomic mass is 9.78. The van der Waals surface area contributed by atoms with Gasteiger partial charge in [-0.2, -0.15) is 0 Å². The van der Waals surface area contributed by atoms with Gasteiger partial charge in [-0.15, -0.1) is 0 Å². The molecule has 0 bridgehead atoms. The predicted octanol–water partition coefficient (Wildman–Crippen LogP) is 2.70. The van der Waals surface area contributed by atoms with E-state index in [4.69, 9.17) is 4.74 Å². The van der Waals surface area contributed by atoms with Crippen molar-refractivity contribution in [2.75, 3.05) is 33.4 Å². The Labute approximate surface area is 134 Å². The Bertz CT molecular complexity index is 473. The number of hydrogen-bond donors (Lipinski definition) is 2. The summed E-state index contributed by atoms with van der Waals surface area (Å²) in [5.41, 5.74) is 2.97. The molecule has 1 atom stereocenters. The van der Waals surface area contributed by atoms with Gasteiger partial charge in [0.2, 0.25) is 0 Å². The fourth-order valence-electron chi connectivity index (χ4n) is 2.71. The molecule has 2 rings (SSSR count). The molecular weight excluding hydrogens is 274 g/mol. The van der Waals surface area contributed by atoms with E-state index in [1.165, 1.54) is 24.0 Å². The van der Waals surface area contributed by atoms with Crippen molar-refractivity contribution >= 4 is 5.96 Å². The third kappa shape index (κ3) is 5.02. The smallest absolute Gasteiger partial charge is 0.190 e. The molecule has 2 N–H and O–H groups in total. The van der Waals surface area contributed by atoms with Crippen LogP contribution in [0.5, 0.6) is 0 Å². The summed E-state index contributed by atoms with van der Waals surface area (Å²) >= 11 is 0. The van der Waals surface area contributed by atoms with Crippen LogP contribution in [0.1, 0.15) is 43.2 Å². The van der Waals surface area contributed by atoms with Crippen molar-refractivity contribution in [1.29, 1.82) is 0 Å². The number of nitrogens with one attached hydrogen (secondary N) is 2. The van der Waals surface area contributed by atoms with Gasteiger partial charge in [-0.1, -0.05) is 37.6 Å². The Morgan fingerprint density at radius 1 is 1.23 bits per heavy atom. The Morgan fingerprint density at radius 2 is 2.05 bits per heavy atom. The molecular formula is C18H29N3O. The van der Waals surface area contributed by atoms with E-state index in [0.29, 0.717) is 5.92 Å². The summed E-state index contributed by atoms with van der Waals surface area (Å²) in [4.78, 5) is 4.28. The molecule has 1 aliphatic carbocycles. The van der Waals surface area contributed by atoms with E-state index in [-0.39, 0.29) is 0 Å². The van der Waals surface area contributed by atoms with Gasteiger partial charge >= 0.3 is 0 Å². The van der Waals surface area contributed by atoms with Crippen molar-refractivity contribution in [3.8, 4) is 0 Å². The number of ether oxygens (including phenoxy) is 1. The summed E-state index contributed by atoms with van der Waals surface area (Å²) in [5.74, 6) is 1.50. The molecule has 1 aromatic carbocycles. The minimum atomic E-state index is 0.618. The van der Waals surface area contributed by atoms with Crippen LogP contribution in [0.3, 0.4) is 0 Å². The lowest BCUT2D eigenvalue weighted by molar-refractivity contribution is 0.129. The first kappa shape index (κ1) is 16.8. The first-order valence-corrected chi connectivity index (χ1v) is 8.45. The summed E-state index contributed by atoms with van der Waals surface area (Å²) in [7, 11) is 1.82. The molecule has 0 radical (unpaired) electrons. The Morgan fingerprint density at radius 3 is 2.82 bits per heavy atom. The van der Waals surface area contributed by atoms with E-state index in [1.807, 2.05) is 7.05 Å². The molecule has 4 nitrogen and oxygen atoms in total. The number of aliphatic imine (C=N–C) groups is 1. The van der Waals surface area contributed by atoms with Crippen LogP contribution in [0.2, 0.25) is 0 Å². The molecule has 0 aromatic heterocycles. The van der Waals surface area contributed by atoms with Gasteiger partial charge in [0.15, 0.2) is 5.96 Å². The standard InChI is InChI=1S/C18H29N3O/c1-3-4-11-22-12-7-10-20-18(19-2)21-14-16-13-15-8-5-6-9-17(15)16/h5-6,8-9,16H,3-4,7,10-14H2,1-2H3,(H2,19,20,21). The minimum Gasteiger partial charge on any atom is -0.381 e. The van der Waals surface area contributed by atoms with Gasteiger partial charge in [0.05, 0.1) is 0 Å². The molecule has 1 unspecified atom stereocenters. The van der Waals surface area contributed by atoms with Crippen molar-refractivity contribution in [2.45, 2.75) is 38.5 Å². The number of guanidine groups is 1. The van der Waals surface area contributed by atoms with Crippen molar-refractivity contribution < 1.29 is 4.74 Å². The highest BCUT2D eigenvalue weighted by atomic mass is 16.5. The highest BCUT2D eigenvalue weighted by molar-refractivity contribution is 5.79. The van der Waals surface area contributed by atoms with Gasteiger partial charge in [-0.05, 0) is 30.4 Å². The van der Waals surface area contributed by atoms with Crippen LogP contribution in [0, 0.1) is 0 Å². The molecule has 0 amide bonds. The molecule has 4 heteroatoms. The van der Waals surface area contributed by atoms with E-state index in [2.05, 4.69) is 46.8 Å². The van der Waals surface area contributed by atoms with Crippen molar-refractivity contribution in [3.05, 3.63) is 35.4 Å². The van der Waals surface area contributed by atoms with Crippen molar-refractivity contribution in [2.24, 2.45) is 4.99 Å². The number of hydrogen-bond acceptors (Lipinski definition) is 2. The zero-order chi connectivity index (χ0) is 15.6. The molecule has 0 aliphatic heterocycles. The fourth-order valence-corrected chi connectivity index (χ4v) is 2.71. The average Bonchev–Trinajstić information content (AvgIpc) is 2.53. The summed E-state index contributed by atoms with van der Waals surface area (Å²) in [6.45, 7) is 5.72. The second kappa shape index (κ2) is 9.46. The highest BCUT2D eigenvalue weighted by Crippen LogP contribution is 2.33. The quantitative estimate of drug-likeness (QED) is 0.419. The number of fused-ring (bicyclic) bond motifs is 1. The van der Waals surface area contributed by atoms with Gasteiger partial charge in [-0.25, -0.2) is 0 Å². The molecule has 0 spiro atoms. The Kier molecular flexibility index (Phi) is 7.23. The normalized spacial score (nSPS) is 16.8. The maximum absolute atomic E-state index is 5.55. The Hall–Kier alpha value is -1.55. The maximum atomic E-state index is 5.55. The largest absolute Gasteiger partial charge is 0.381 e. The first-order valence-electron chi connectivity index (χ1n) is 8.45. The first-order chi connectivity index (χ1) is 10.8. The van der Waals surface area contributed by atoms with E-state index < -0.39 is 0 Å². The predicted molar refractivity (Wildman–Crippen MR) is 92.6 cm³/mol. The number of nitrogens with zero attached hydrogens (tertiary/aromatic N) is 1. The van der Waals surface area contributed by atoms with Gasteiger partial charge in [0.25, 0.3) is 0 Å². The minimum absolute atomic E-state index is 0.618. The molecule has 0 saturated carbocycles. The second-order valence-corrected chi connectivity index (χ2v) is 5.80. The number of benzene rings is 1. The third-order valence-electron chi connectivity index (χ3n) is 4.10. The molecule has 0 fully saturated rings. The third-order valence-corrected chi connectivity index (χ3v) is 4.10.